The molecule has 0 aliphatic carbocycles. The fraction of sp³-hybridized carbons (Fsp3) is 0.769. The fourth-order valence-corrected chi connectivity index (χ4v) is 3.59. The maximum Gasteiger partial charge on any atom is 0.217 e. The Morgan fingerprint density at radius 3 is 1.53 bits per heavy atom. The Hall–Kier alpha value is -0.950. The Morgan fingerprint density at radius 1 is 0.781 bits per heavy atom. The van der Waals surface area contributed by atoms with Gasteiger partial charge in [-0.25, -0.2) is 8.42 Å². The average molecular weight is 474 g/mol. The molecule has 190 valence electrons. The minimum absolute atomic E-state index is 0.779. The van der Waals surface area contributed by atoms with E-state index in [-0.39, 0.29) is 0 Å². The van der Waals surface area contributed by atoms with E-state index in [0.29, 0.717) is 0 Å². The van der Waals surface area contributed by atoms with Gasteiger partial charge in [-0.1, -0.05) is 75.7 Å². The van der Waals surface area contributed by atoms with Gasteiger partial charge in [0.2, 0.25) is 10.4 Å². The van der Waals surface area contributed by atoms with Crippen LogP contribution in [0.4, 0.5) is 0 Å². The predicted octanol–water partition coefficient (Wildman–Crippen LogP) is 6.50. The summed E-state index contributed by atoms with van der Waals surface area (Å²) in [4.78, 5) is 0. The van der Waals surface area contributed by atoms with Crippen molar-refractivity contribution >= 4 is 10.4 Å². The molecule has 32 heavy (non-hydrogen) atoms. The first-order chi connectivity index (χ1) is 15.4. The van der Waals surface area contributed by atoms with Crippen LogP contribution in [0.5, 0.6) is 0 Å². The van der Waals surface area contributed by atoms with Gasteiger partial charge in [0.25, 0.3) is 0 Å². The van der Waals surface area contributed by atoms with E-state index >= 15 is 0 Å². The van der Waals surface area contributed by atoms with Crippen molar-refractivity contribution in [2.75, 3.05) is 13.7 Å². The van der Waals surface area contributed by atoms with Gasteiger partial charge in [0.1, 0.15) is 0 Å². The fourth-order valence-electron chi connectivity index (χ4n) is 3.59. The number of hydrogen-bond donors (Lipinski definition) is 1. The molecule has 0 amide bonds. The Labute approximate surface area is 199 Å². The van der Waals surface area contributed by atoms with Crippen LogP contribution in [-0.2, 0) is 14.6 Å². The molecule has 0 aromatic rings. The molecule has 0 saturated heterocycles. The van der Waals surface area contributed by atoms with Crippen LogP contribution in [0.1, 0.15) is 109 Å². The molecule has 0 heterocycles. The normalized spacial score (nSPS) is 11.5. The number of rotatable bonds is 22. The van der Waals surface area contributed by atoms with Gasteiger partial charge >= 0.3 is 0 Å². The molecule has 0 aromatic heterocycles. The molecule has 5 nitrogen and oxygen atoms in total. The minimum atomic E-state index is -4.41. The molecule has 0 saturated carbocycles. The van der Waals surface area contributed by atoms with Crippen molar-refractivity contribution in [3.8, 4) is 0 Å². The summed E-state index contributed by atoms with van der Waals surface area (Å²) in [5, 5.41) is 0. The Kier molecular flexibility index (Phi) is 27.3. The lowest BCUT2D eigenvalue weighted by atomic mass is 9.94. The minimum Gasteiger partial charge on any atom is -0.726 e. The van der Waals surface area contributed by atoms with E-state index in [9.17, 15) is 13.0 Å². The Bertz CT molecular complexity index is 522. The summed E-state index contributed by atoms with van der Waals surface area (Å²) < 4.78 is 31.0. The monoisotopic (exact) mass is 473 g/mol. The lowest BCUT2D eigenvalue weighted by Crippen LogP contribution is -2.50. The van der Waals surface area contributed by atoms with Crippen LogP contribution >= 0.6 is 0 Å². The smallest absolute Gasteiger partial charge is 0.217 e. The van der Waals surface area contributed by atoms with Gasteiger partial charge in [-0.15, -0.1) is 13.2 Å². The zero-order valence-corrected chi connectivity index (χ0v) is 21.6. The van der Waals surface area contributed by atoms with Crippen LogP contribution in [0.2, 0.25) is 0 Å². The first-order valence-electron chi connectivity index (χ1n) is 12.6. The van der Waals surface area contributed by atoms with Crippen molar-refractivity contribution < 1.29 is 22.9 Å². The topological polar surface area (TPSA) is 94.1 Å². The van der Waals surface area contributed by atoms with Crippen molar-refractivity contribution in [3.63, 3.8) is 0 Å². The standard InChI is InChI=1S/C25H47N.CH4O4S/c1-3-21-25(22-4-2)23-19-17-15-13-11-9-7-5-6-8-10-12-14-16-18-20-24-26;1-5-6(2,3)4/h3-5,7,25H,1-2,6,8-24,26H2;1H3,(H,2,3,4)/b7-5-;. The second-order valence-electron chi connectivity index (χ2n) is 8.42. The molecule has 0 aliphatic heterocycles. The van der Waals surface area contributed by atoms with Crippen molar-refractivity contribution in [2.45, 2.75) is 109 Å². The van der Waals surface area contributed by atoms with E-state index < -0.39 is 10.4 Å². The zero-order chi connectivity index (χ0) is 24.3. The number of quaternary nitrogens is 1. The highest BCUT2D eigenvalue weighted by atomic mass is 32.3. The van der Waals surface area contributed by atoms with Crippen LogP contribution in [0.15, 0.2) is 37.5 Å². The third kappa shape index (κ3) is 31.2. The third-order valence-electron chi connectivity index (χ3n) is 5.47. The van der Waals surface area contributed by atoms with Gasteiger partial charge in [0.15, 0.2) is 0 Å². The van der Waals surface area contributed by atoms with E-state index in [1.165, 1.54) is 96.3 Å². The summed E-state index contributed by atoms with van der Waals surface area (Å²) in [5.41, 5.74) is 3.90. The van der Waals surface area contributed by atoms with Crippen molar-refractivity contribution in [1.29, 1.82) is 0 Å². The Morgan fingerprint density at radius 2 is 1.16 bits per heavy atom. The third-order valence-corrected chi connectivity index (χ3v) is 5.88. The van der Waals surface area contributed by atoms with Crippen LogP contribution in [0, 0.1) is 5.92 Å². The first-order valence-corrected chi connectivity index (χ1v) is 13.9. The maximum absolute atomic E-state index is 9.22. The zero-order valence-electron chi connectivity index (χ0n) is 20.8. The SMILES string of the molecule is C=CCC(CC=C)CCCCCCC/C=C\CCCCCCCCC[NH3+].COS(=O)(=O)[O-]. The summed E-state index contributed by atoms with van der Waals surface area (Å²) in [5.74, 6) is 0.779. The molecule has 0 aliphatic rings. The van der Waals surface area contributed by atoms with E-state index in [0.717, 1.165) is 32.4 Å². The molecular weight excluding hydrogens is 422 g/mol. The molecule has 0 aromatic carbocycles. The summed E-state index contributed by atoms with van der Waals surface area (Å²) in [6.45, 7) is 8.84. The van der Waals surface area contributed by atoms with Gasteiger partial charge in [0.05, 0.1) is 13.7 Å². The molecule has 6 heteroatoms. The molecule has 0 fully saturated rings. The van der Waals surface area contributed by atoms with Gasteiger partial charge in [0, 0.05) is 0 Å². The maximum atomic E-state index is 9.22. The van der Waals surface area contributed by atoms with Gasteiger partial charge in [-0.3, -0.25) is 4.18 Å². The second kappa shape index (κ2) is 26.3. The molecule has 0 bridgehead atoms. The van der Waals surface area contributed by atoms with Crippen molar-refractivity contribution in [3.05, 3.63) is 37.5 Å². The molecule has 0 spiro atoms. The summed E-state index contributed by atoms with van der Waals surface area (Å²) in [6, 6.07) is 0. The molecule has 3 N–H and O–H groups in total. The largest absolute Gasteiger partial charge is 0.726 e. The summed E-state index contributed by atoms with van der Waals surface area (Å²) in [7, 11) is -3.60. The summed E-state index contributed by atoms with van der Waals surface area (Å²) >= 11 is 0. The average Bonchev–Trinajstić information content (AvgIpc) is 2.76. The molecular formula is C26H51NO4S. The van der Waals surface area contributed by atoms with Crippen LogP contribution < -0.4 is 5.73 Å². The lowest BCUT2D eigenvalue weighted by Gasteiger charge is -2.12. The van der Waals surface area contributed by atoms with E-state index in [1.807, 2.05) is 0 Å². The quantitative estimate of drug-likeness (QED) is 0.0840. The molecule has 0 unspecified atom stereocenters. The summed E-state index contributed by atoms with van der Waals surface area (Å²) in [6.07, 6.45) is 31.8. The molecule has 0 rings (SSSR count). The van der Waals surface area contributed by atoms with Crippen LogP contribution in [-0.4, -0.2) is 26.6 Å². The highest BCUT2D eigenvalue weighted by Crippen LogP contribution is 2.19. The lowest BCUT2D eigenvalue weighted by molar-refractivity contribution is -0.368. The molecule has 0 radical (unpaired) electrons. The number of unbranched alkanes of at least 4 members (excludes halogenated alkanes) is 12. The Balaban J connectivity index is 0. The number of hydrogen-bond acceptors (Lipinski definition) is 4. The highest BCUT2D eigenvalue weighted by Gasteiger charge is 2.04. The van der Waals surface area contributed by atoms with Crippen LogP contribution in [0.3, 0.4) is 0 Å². The van der Waals surface area contributed by atoms with Gasteiger partial charge < -0.3 is 10.3 Å². The van der Waals surface area contributed by atoms with Gasteiger partial charge in [-0.2, -0.15) is 0 Å². The van der Waals surface area contributed by atoms with Gasteiger partial charge in [-0.05, 0) is 63.7 Å². The van der Waals surface area contributed by atoms with Crippen LogP contribution in [0.25, 0.3) is 0 Å². The van der Waals surface area contributed by atoms with E-state index in [1.54, 1.807) is 0 Å². The predicted molar refractivity (Wildman–Crippen MR) is 136 cm³/mol. The van der Waals surface area contributed by atoms with Crippen molar-refractivity contribution in [2.24, 2.45) is 5.92 Å². The number of allylic oxidation sites excluding steroid dienone is 4. The van der Waals surface area contributed by atoms with E-state index in [2.05, 4.69) is 47.4 Å². The van der Waals surface area contributed by atoms with E-state index in [4.69, 9.17) is 0 Å². The highest BCUT2D eigenvalue weighted by molar-refractivity contribution is 7.80. The first kappa shape index (κ1) is 33.2. The molecule has 0 atom stereocenters. The second-order valence-corrected chi connectivity index (χ2v) is 9.57. The van der Waals surface area contributed by atoms with Crippen molar-refractivity contribution in [1.82, 2.24) is 0 Å².